The average molecular weight is 529 g/mol. The lowest BCUT2D eigenvalue weighted by molar-refractivity contribution is -0.222. The van der Waals surface area contributed by atoms with E-state index in [2.05, 4.69) is 19.9 Å². The molecule has 36 heavy (non-hydrogen) atoms. The molecule has 0 bridgehead atoms. The first-order valence-corrected chi connectivity index (χ1v) is 12.2. The molecule has 1 aromatic carbocycles. The Morgan fingerprint density at radius 2 is 1.78 bits per heavy atom. The molecule has 2 N–H and O–H groups in total. The lowest BCUT2D eigenvalue weighted by atomic mass is 10.0. The molecular weight excluding hydrogens is 510 g/mol. The largest absolute Gasteiger partial charge is 0.471 e. The van der Waals surface area contributed by atoms with Crippen molar-refractivity contribution in [3.63, 3.8) is 0 Å². The Labute approximate surface area is 202 Å². The second kappa shape index (κ2) is 9.22. The Morgan fingerprint density at radius 1 is 1.14 bits per heavy atom. The molecule has 2 aromatic heterocycles. The summed E-state index contributed by atoms with van der Waals surface area (Å²) in [6, 6.07) is 6.74. The minimum Gasteiger partial charge on any atom is -0.343 e. The van der Waals surface area contributed by atoms with Gasteiger partial charge in [-0.1, -0.05) is 0 Å². The van der Waals surface area contributed by atoms with Crippen LogP contribution in [-0.2, 0) is 24.1 Å². The molecule has 3 aromatic rings. The number of rotatable bonds is 5. The van der Waals surface area contributed by atoms with Gasteiger partial charge >= 0.3 is 12.1 Å². The fourth-order valence-corrected chi connectivity index (χ4v) is 3.86. The van der Waals surface area contributed by atoms with E-state index in [4.69, 9.17) is 9.47 Å². The van der Waals surface area contributed by atoms with Crippen LogP contribution in [0.25, 0.3) is 22.6 Å². The summed E-state index contributed by atoms with van der Waals surface area (Å²) in [5, 5.41) is 1.42. The molecule has 1 fully saturated rings. The summed E-state index contributed by atoms with van der Waals surface area (Å²) >= 11 is 0. The van der Waals surface area contributed by atoms with E-state index >= 15 is 0 Å². The first-order chi connectivity index (χ1) is 16.7. The van der Waals surface area contributed by atoms with Crippen LogP contribution < -0.4 is 5.32 Å². The third-order valence-electron chi connectivity index (χ3n) is 5.06. The number of nitrogens with zero attached hydrogens (tertiary/aromatic N) is 3. The number of halogens is 4. The predicted octanol–water partition coefficient (Wildman–Crippen LogP) is 2.56. The quantitative estimate of drug-likeness (QED) is 0.380. The Balaban J connectivity index is 1.66. The Hall–Kier alpha value is -3.43. The molecule has 192 valence electrons. The SMILES string of the molecule is CC1(NC(=O)C(F)(F)F)COC(c2nc(-c3ccc(F)cc3)c(-c3ccnc(S(C)(=O)=O)n3)[nH]2)OC1. The zero-order valence-electron chi connectivity index (χ0n) is 18.8. The highest BCUT2D eigenvalue weighted by atomic mass is 32.2. The van der Waals surface area contributed by atoms with E-state index < -0.39 is 44.7 Å². The van der Waals surface area contributed by atoms with E-state index in [0.717, 1.165) is 6.26 Å². The van der Waals surface area contributed by atoms with E-state index in [9.17, 15) is 30.8 Å². The third kappa shape index (κ3) is 5.52. The third-order valence-corrected chi connectivity index (χ3v) is 5.92. The van der Waals surface area contributed by atoms with Crippen molar-refractivity contribution in [2.45, 2.75) is 30.1 Å². The predicted molar refractivity (Wildman–Crippen MR) is 115 cm³/mol. The molecule has 1 amide bonds. The average Bonchev–Trinajstić information content (AvgIpc) is 3.24. The summed E-state index contributed by atoms with van der Waals surface area (Å²) in [4.78, 5) is 26.5. The van der Waals surface area contributed by atoms with Crippen molar-refractivity contribution >= 4 is 15.7 Å². The number of sulfone groups is 1. The van der Waals surface area contributed by atoms with Gasteiger partial charge in [-0.3, -0.25) is 4.79 Å². The van der Waals surface area contributed by atoms with Crippen LogP contribution in [0.2, 0.25) is 0 Å². The number of alkyl halides is 3. The highest BCUT2D eigenvalue weighted by molar-refractivity contribution is 7.90. The monoisotopic (exact) mass is 529 g/mol. The van der Waals surface area contributed by atoms with E-state index in [1.54, 1.807) is 0 Å². The van der Waals surface area contributed by atoms with Crippen LogP contribution in [0.1, 0.15) is 19.0 Å². The number of ether oxygens (including phenoxy) is 2. The Morgan fingerprint density at radius 3 is 2.36 bits per heavy atom. The summed E-state index contributed by atoms with van der Waals surface area (Å²) in [6.07, 6.45) is -4.04. The van der Waals surface area contributed by atoms with Gasteiger partial charge in [-0.05, 0) is 37.3 Å². The van der Waals surface area contributed by atoms with Crippen molar-refractivity contribution in [2.75, 3.05) is 19.5 Å². The van der Waals surface area contributed by atoms with Crippen molar-refractivity contribution < 1.29 is 40.2 Å². The van der Waals surface area contributed by atoms with E-state index in [1.165, 1.54) is 43.5 Å². The molecule has 3 heterocycles. The van der Waals surface area contributed by atoms with Gasteiger partial charge in [-0.25, -0.2) is 27.8 Å². The minimum atomic E-state index is -5.07. The number of aromatic amines is 1. The van der Waals surface area contributed by atoms with E-state index in [1.807, 2.05) is 5.32 Å². The normalized spacial score (nSPS) is 20.8. The highest BCUT2D eigenvalue weighted by Crippen LogP contribution is 2.34. The number of nitrogens with one attached hydrogen (secondary N) is 2. The molecule has 0 aliphatic carbocycles. The van der Waals surface area contributed by atoms with Gasteiger partial charge in [0.25, 0.3) is 0 Å². The van der Waals surface area contributed by atoms with Crippen LogP contribution in [-0.4, -0.2) is 65.4 Å². The summed E-state index contributed by atoms with van der Waals surface area (Å²) in [5.74, 6) is -2.52. The van der Waals surface area contributed by atoms with Gasteiger partial charge in [-0.2, -0.15) is 13.2 Å². The second-order valence-electron chi connectivity index (χ2n) is 8.32. The van der Waals surface area contributed by atoms with Crippen molar-refractivity contribution in [3.8, 4) is 22.6 Å². The van der Waals surface area contributed by atoms with Gasteiger partial charge in [0.05, 0.1) is 35.8 Å². The number of H-pyrrole nitrogens is 1. The van der Waals surface area contributed by atoms with Crippen LogP contribution in [0.5, 0.6) is 0 Å². The number of imidazole rings is 1. The van der Waals surface area contributed by atoms with Crippen LogP contribution in [0.3, 0.4) is 0 Å². The van der Waals surface area contributed by atoms with Gasteiger partial charge in [0.15, 0.2) is 5.82 Å². The highest BCUT2D eigenvalue weighted by Gasteiger charge is 2.44. The van der Waals surface area contributed by atoms with Gasteiger partial charge in [0.1, 0.15) is 5.82 Å². The van der Waals surface area contributed by atoms with Crippen molar-refractivity contribution in [1.29, 1.82) is 0 Å². The van der Waals surface area contributed by atoms with Crippen molar-refractivity contribution in [2.24, 2.45) is 0 Å². The van der Waals surface area contributed by atoms with E-state index in [-0.39, 0.29) is 36.1 Å². The van der Waals surface area contributed by atoms with Crippen LogP contribution in [0, 0.1) is 5.82 Å². The van der Waals surface area contributed by atoms with Crippen LogP contribution in [0.15, 0.2) is 41.7 Å². The maximum atomic E-state index is 13.5. The Kier molecular flexibility index (Phi) is 6.57. The maximum Gasteiger partial charge on any atom is 0.471 e. The molecule has 0 unspecified atom stereocenters. The second-order valence-corrected chi connectivity index (χ2v) is 10.2. The van der Waals surface area contributed by atoms with Gasteiger partial charge in [-0.15, -0.1) is 0 Å². The lowest BCUT2D eigenvalue weighted by Gasteiger charge is -2.37. The molecule has 1 aliphatic heterocycles. The number of amides is 1. The Bertz CT molecular complexity index is 1380. The molecule has 1 aliphatic rings. The molecule has 0 atom stereocenters. The molecule has 0 spiro atoms. The molecule has 1 saturated heterocycles. The summed E-state index contributed by atoms with van der Waals surface area (Å²) in [5.41, 5.74) is -0.341. The molecule has 0 radical (unpaired) electrons. The smallest absolute Gasteiger partial charge is 0.343 e. The standard InChI is InChI=1S/C21H19F4N5O5S/c1-20(30-18(31)21(23,24)25)9-34-17(35-10-20)16-28-14(11-3-5-12(22)6-4-11)15(29-16)13-7-8-26-19(27-13)36(2,32)33/h3-8,17H,9-10H2,1-2H3,(H,28,29)(H,30,31). The van der Waals surface area contributed by atoms with E-state index in [0.29, 0.717) is 5.56 Å². The number of benzene rings is 1. The fraction of sp³-hybridized carbons (Fsp3) is 0.333. The topological polar surface area (TPSA) is 136 Å². The fourth-order valence-electron chi connectivity index (χ4n) is 3.35. The number of hydrogen-bond acceptors (Lipinski definition) is 8. The van der Waals surface area contributed by atoms with Gasteiger partial charge < -0.3 is 19.8 Å². The lowest BCUT2D eigenvalue weighted by Crippen LogP contribution is -2.58. The number of carbonyl (C=O) groups excluding carboxylic acids is 1. The molecule has 0 saturated carbocycles. The first-order valence-electron chi connectivity index (χ1n) is 10.3. The molecule has 15 heteroatoms. The molecule has 10 nitrogen and oxygen atoms in total. The first kappa shape index (κ1) is 25.7. The summed E-state index contributed by atoms with van der Waals surface area (Å²) < 4.78 is 86.3. The summed E-state index contributed by atoms with van der Waals surface area (Å²) in [6.45, 7) is 0.679. The van der Waals surface area contributed by atoms with Crippen molar-refractivity contribution in [1.82, 2.24) is 25.3 Å². The zero-order chi connectivity index (χ0) is 26.3. The number of aromatic nitrogens is 4. The zero-order valence-corrected chi connectivity index (χ0v) is 19.6. The molecule has 4 rings (SSSR count). The maximum absolute atomic E-state index is 13.5. The van der Waals surface area contributed by atoms with Gasteiger partial charge in [0, 0.05) is 18.0 Å². The summed E-state index contributed by atoms with van der Waals surface area (Å²) in [7, 11) is -3.73. The number of carbonyl (C=O) groups is 1. The van der Waals surface area contributed by atoms with Gasteiger partial charge in [0.2, 0.25) is 21.3 Å². The molecular formula is C21H19F4N5O5S. The van der Waals surface area contributed by atoms with Crippen LogP contribution >= 0.6 is 0 Å². The minimum absolute atomic E-state index is 0.0908. The number of hydrogen-bond donors (Lipinski definition) is 2. The van der Waals surface area contributed by atoms with Crippen molar-refractivity contribution in [3.05, 3.63) is 48.2 Å². The van der Waals surface area contributed by atoms with Crippen LogP contribution in [0.4, 0.5) is 17.6 Å².